The van der Waals surface area contributed by atoms with Crippen LogP contribution in [0.25, 0.3) is 22.4 Å². The summed E-state index contributed by atoms with van der Waals surface area (Å²) < 4.78 is 41.9. The van der Waals surface area contributed by atoms with Crippen molar-refractivity contribution in [1.29, 1.82) is 0 Å². The molecule has 2 atom stereocenters. The van der Waals surface area contributed by atoms with Crippen molar-refractivity contribution in [3.63, 3.8) is 0 Å². The van der Waals surface area contributed by atoms with Gasteiger partial charge in [-0.3, -0.25) is 4.68 Å². The van der Waals surface area contributed by atoms with Gasteiger partial charge in [0.15, 0.2) is 5.65 Å². The number of hydrogen-bond donors (Lipinski definition) is 0. The first kappa shape index (κ1) is 25.9. The summed E-state index contributed by atoms with van der Waals surface area (Å²) in [6, 6.07) is 11.3. The van der Waals surface area contributed by atoms with Crippen molar-refractivity contribution in [2.75, 3.05) is 13.7 Å². The molecule has 0 amide bonds. The number of ether oxygens (including phenoxy) is 2. The standard InChI is InChI=1S/C30H28F2N6O2/c1-17-18(2)35-30-28(34-17)27(24-9-6-22(31)13-25(24)32)36-29(37-30)20-10-11-40-26(12-20)21-14-33-38(16-21)15-19-4-7-23(39-3)8-5-19/h4-9,13-14,16,20,26H,10-12,15H2,1-3H3. The van der Waals surface area contributed by atoms with Crippen molar-refractivity contribution in [2.45, 2.75) is 45.3 Å². The Morgan fingerprint density at radius 2 is 1.80 bits per heavy atom. The van der Waals surface area contributed by atoms with Crippen LogP contribution in [0.15, 0.2) is 54.9 Å². The van der Waals surface area contributed by atoms with E-state index in [1.54, 1.807) is 7.11 Å². The van der Waals surface area contributed by atoms with Crippen LogP contribution in [-0.2, 0) is 11.3 Å². The quantitative estimate of drug-likeness (QED) is 0.265. The van der Waals surface area contributed by atoms with E-state index in [-0.39, 0.29) is 17.6 Å². The molecule has 0 saturated carbocycles. The summed E-state index contributed by atoms with van der Waals surface area (Å²) in [4.78, 5) is 18.8. The van der Waals surface area contributed by atoms with Gasteiger partial charge in [-0.15, -0.1) is 0 Å². The Morgan fingerprint density at radius 3 is 2.58 bits per heavy atom. The van der Waals surface area contributed by atoms with Gasteiger partial charge in [0.2, 0.25) is 0 Å². The summed E-state index contributed by atoms with van der Waals surface area (Å²) in [5.41, 5.74) is 4.76. The molecule has 0 N–H and O–H groups in total. The van der Waals surface area contributed by atoms with E-state index >= 15 is 0 Å². The van der Waals surface area contributed by atoms with Gasteiger partial charge < -0.3 is 9.47 Å². The number of methoxy groups -OCH3 is 1. The van der Waals surface area contributed by atoms with Gasteiger partial charge in [-0.05, 0) is 56.5 Å². The average molecular weight is 543 g/mol. The van der Waals surface area contributed by atoms with Gasteiger partial charge in [0.25, 0.3) is 0 Å². The molecule has 10 heteroatoms. The number of benzene rings is 2. The van der Waals surface area contributed by atoms with Crippen molar-refractivity contribution in [3.05, 3.63) is 94.8 Å². The zero-order valence-corrected chi connectivity index (χ0v) is 22.4. The zero-order valence-electron chi connectivity index (χ0n) is 22.4. The molecule has 204 valence electrons. The molecule has 0 spiro atoms. The maximum Gasteiger partial charge on any atom is 0.182 e. The lowest BCUT2D eigenvalue weighted by Crippen LogP contribution is -2.20. The lowest BCUT2D eigenvalue weighted by Gasteiger charge is -2.28. The molecule has 1 aliphatic rings. The highest BCUT2D eigenvalue weighted by molar-refractivity contribution is 5.87. The fraction of sp³-hybridized carbons (Fsp3) is 0.300. The second-order valence-electron chi connectivity index (χ2n) is 10.0. The molecular formula is C30H28F2N6O2. The molecule has 40 heavy (non-hydrogen) atoms. The van der Waals surface area contributed by atoms with Gasteiger partial charge in [-0.1, -0.05) is 12.1 Å². The van der Waals surface area contributed by atoms with E-state index in [0.29, 0.717) is 54.4 Å². The molecule has 1 saturated heterocycles. The first-order chi connectivity index (χ1) is 19.4. The summed E-state index contributed by atoms with van der Waals surface area (Å²) in [5.74, 6) is -0.0663. The molecule has 8 nitrogen and oxygen atoms in total. The summed E-state index contributed by atoms with van der Waals surface area (Å²) in [6.07, 6.45) is 4.96. The Kier molecular flexibility index (Phi) is 6.93. The molecule has 0 radical (unpaired) electrons. The maximum absolute atomic E-state index is 14.9. The molecule has 1 aliphatic heterocycles. The molecule has 5 aromatic rings. The molecule has 0 aliphatic carbocycles. The van der Waals surface area contributed by atoms with E-state index in [9.17, 15) is 8.78 Å². The van der Waals surface area contributed by atoms with Crippen LogP contribution in [-0.4, -0.2) is 43.4 Å². The number of aromatic nitrogens is 6. The molecule has 4 heterocycles. The minimum Gasteiger partial charge on any atom is -0.497 e. The van der Waals surface area contributed by atoms with Gasteiger partial charge in [0.1, 0.15) is 34.4 Å². The first-order valence-corrected chi connectivity index (χ1v) is 13.1. The Bertz CT molecular complexity index is 1690. The monoisotopic (exact) mass is 542 g/mol. The number of nitrogens with zero attached hydrogens (tertiary/aromatic N) is 6. The van der Waals surface area contributed by atoms with Gasteiger partial charge in [0.05, 0.1) is 37.3 Å². The number of hydrogen-bond acceptors (Lipinski definition) is 7. The first-order valence-electron chi connectivity index (χ1n) is 13.1. The second-order valence-corrected chi connectivity index (χ2v) is 10.0. The third-order valence-electron chi connectivity index (χ3n) is 7.32. The Morgan fingerprint density at radius 1 is 1.00 bits per heavy atom. The summed E-state index contributed by atoms with van der Waals surface area (Å²) in [7, 11) is 1.65. The molecule has 3 aromatic heterocycles. The predicted octanol–water partition coefficient (Wildman–Crippen LogP) is 5.87. The highest BCUT2D eigenvalue weighted by Crippen LogP contribution is 2.38. The molecule has 6 rings (SSSR count). The molecule has 0 bridgehead atoms. The topological polar surface area (TPSA) is 87.8 Å². The average Bonchev–Trinajstić information content (AvgIpc) is 3.42. The third-order valence-corrected chi connectivity index (χ3v) is 7.32. The van der Waals surface area contributed by atoms with Crippen LogP contribution in [0.4, 0.5) is 8.78 Å². The van der Waals surface area contributed by atoms with Crippen LogP contribution in [0.5, 0.6) is 5.75 Å². The van der Waals surface area contributed by atoms with E-state index in [2.05, 4.69) is 15.1 Å². The van der Waals surface area contributed by atoms with Crippen LogP contribution in [0.3, 0.4) is 0 Å². The molecule has 2 unspecified atom stereocenters. The third kappa shape index (κ3) is 5.14. The Balaban J connectivity index is 1.30. The van der Waals surface area contributed by atoms with Crippen LogP contribution >= 0.6 is 0 Å². The van der Waals surface area contributed by atoms with Crippen LogP contribution in [0.1, 0.15) is 53.2 Å². The number of aryl methyl sites for hydroxylation is 2. The SMILES string of the molecule is COc1ccc(Cn2cc(C3CC(c4nc(-c5ccc(F)cc5F)c5nc(C)c(C)nc5n4)CCO3)cn2)cc1. The van der Waals surface area contributed by atoms with Crippen molar-refractivity contribution in [2.24, 2.45) is 0 Å². The van der Waals surface area contributed by atoms with Gasteiger partial charge in [0, 0.05) is 35.9 Å². The minimum atomic E-state index is -0.708. The van der Waals surface area contributed by atoms with E-state index in [1.807, 2.05) is 55.2 Å². The number of halogens is 2. The molecular weight excluding hydrogens is 514 g/mol. The number of fused-ring (bicyclic) bond motifs is 1. The van der Waals surface area contributed by atoms with Crippen LogP contribution < -0.4 is 4.74 Å². The Hall–Kier alpha value is -4.31. The van der Waals surface area contributed by atoms with Gasteiger partial charge >= 0.3 is 0 Å². The fourth-order valence-electron chi connectivity index (χ4n) is 4.99. The highest BCUT2D eigenvalue weighted by Gasteiger charge is 2.29. The molecule has 1 fully saturated rings. The second kappa shape index (κ2) is 10.7. The van der Waals surface area contributed by atoms with Crippen LogP contribution in [0, 0.1) is 25.5 Å². The van der Waals surface area contributed by atoms with Crippen molar-refractivity contribution in [3.8, 4) is 17.0 Å². The van der Waals surface area contributed by atoms with Crippen molar-refractivity contribution in [1.82, 2.24) is 29.7 Å². The van der Waals surface area contributed by atoms with Crippen LogP contribution in [0.2, 0.25) is 0 Å². The number of rotatable bonds is 6. The van der Waals surface area contributed by atoms with Crippen molar-refractivity contribution >= 4 is 11.2 Å². The molecule has 2 aromatic carbocycles. The summed E-state index contributed by atoms with van der Waals surface area (Å²) in [5, 5.41) is 4.54. The lowest BCUT2D eigenvalue weighted by molar-refractivity contribution is 0.00397. The van der Waals surface area contributed by atoms with Gasteiger partial charge in [-0.2, -0.15) is 5.10 Å². The smallest absolute Gasteiger partial charge is 0.182 e. The maximum atomic E-state index is 14.9. The minimum absolute atomic E-state index is 0.0567. The summed E-state index contributed by atoms with van der Waals surface area (Å²) in [6.45, 7) is 4.82. The summed E-state index contributed by atoms with van der Waals surface area (Å²) >= 11 is 0. The lowest BCUT2D eigenvalue weighted by atomic mass is 9.92. The highest BCUT2D eigenvalue weighted by atomic mass is 19.1. The van der Waals surface area contributed by atoms with E-state index in [0.717, 1.165) is 28.6 Å². The normalized spacial score (nSPS) is 17.3. The largest absolute Gasteiger partial charge is 0.497 e. The predicted molar refractivity (Wildman–Crippen MR) is 145 cm³/mol. The van der Waals surface area contributed by atoms with E-state index in [4.69, 9.17) is 19.4 Å². The van der Waals surface area contributed by atoms with E-state index < -0.39 is 11.6 Å². The van der Waals surface area contributed by atoms with E-state index in [1.165, 1.54) is 12.1 Å². The van der Waals surface area contributed by atoms with Gasteiger partial charge in [-0.25, -0.2) is 28.7 Å². The van der Waals surface area contributed by atoms with Crippen molar-refractivity contribution < 1.29 is 18.3 Å². The Labute approximate surface area is 230 Å². The fourth-order valence-corrected chi connectivity index (χ4v) is 4.99. The zero-order chi connectivity index (χ0) is 27.8.